The third-order valence-corrected chi connectivity index (χ3v) is 2.80. The summed E-state index contributed by atoms with van der Waals surface area (Å²) in [5.74, 6) is 0.816. The molecule has 1 aromatic rings. The minimum atomic E-state index is 0.764. The molecule has 0 atom stereocenters. The number of rotatable bonds is 4. The van der Waals surface area contributed by atoms with Gasteiger partial charge in [0.05, 0.1) is 7.11 Å². The zero-order valence-corrected chi connectivity index (χ0v) is 11.7. The summed E-state index contributed by atoms with van der Waals surface area (Å²) in [5, 5.41) is 0. The average molecular weight is 244 g/mol. The summed E-state index contributed by atoms with van der Waals surface area (Å²) < 4.78 is 5.15. The van der Waals surface area contributed by atoms with Gasteiger partial charge in [-0.15, -0.1) is 0 Å². The van der Waals surface area contributed by atoms with E-state index in [1.165, 1.54) is 0 Å². The molecule has 0 fully saturated rings. The van der Waals surface area contributed by atoms with Crippen LogP contribution in [0.3, 0.4) is 0 Å². The van der Waals surface area contributed by atoms with Gasteiger partial charge in [-0.1, -0.05) is 23.3 Å². The highest BCUT2D eigenvalue weighted by molar-refractivity contribution is 6.00. The van der Waals surface area contributed by atoms with Gasteiger partial charge < -0.3 is 4.74 Å². The molecule has 0 aliphatic heterocycles. The van der Waals surface area contributed by atoms with Crippen molar-refractivity contribution in [1.82, 2.24) is 0 Å². The fourth-order valence-electron chi connectivity index (χ4n) is 1.90. The first-order chi connectivity index (χ1) is 8.51. The van der Waals surface area contributed by atoms with Crippen molar-refractivity contribution >= 4 is 11.9 Å². The maximum Gasteiger partial charge on any atom is 0.150 e. The molecule has 0 radical (unpaired) electrons. The molecular formula is C16H20O2. The monoisotopic (exact) mass is 244 g/mol. The first-order valence-electron chi connectivity index (χ1n) is 5.96. The maximum absolute atomic E-state index is 11.3. The van der Waals surface area contributed by atoms with Gasteiger partial charge in [0.2, 0.25) is 0 Å². The summed E-state index contributed by atoms with van der Waals surface area (Å²) in [6.07, 6.45) is 0.932. The normalized spacial score (nSPS) is 9.61. The SMILES string of the molecule is COc1ccc(C(=C(C)C)C(C=O)=C(C)C)cc1. The highest BCUT2D eigenvalue weighted by atomic mass is 16.5. The molecule has 0 N–H and O–H groups in total. The lowest BCUT2D eigenvalue weighted by Crippen LogP contribution is -1.97. The van der Waals surface area contributed by atoms with Crippen molar-refractivity contribution in [2.45, 2.75) is 27.7 Å². The van der Waals surface area contributed by atoms with Gasteiger partial charge in [0.1, 0.15) is 5.75 Å². The van der Waals surface area contributed by atoms with E-state index in [0.717, 1.165) is 39.9 Å². The van der Waals surface area contributed by atoms with Crippen molar-refractivity contribution in [3.8, 4) is 5.75 Å². The topological polar surface area (TPSA) is 26.3 Å². The largest absolute Gasteiger partial charge is 0.497 e. The van der Waals surface area contributed by atoms with Gasteiger partial charge in [0.15, 0.2) is 6.29 Å². The van der Waals surface area contributed by atoms with Crippen LogP contribution in [0.25, 0.3) is 5.57 Å². The number of ether oxygens (including phenoxy) is 1. The van der Waals surface area contributed by atoms with Crippen LogP contribution in [0.15, 0.2) is 41.0 Å². The molecule has 0 bridgehead atoms. The number of hydrogen-bond acceptors (Lipinski definition) is 2. The Morgan fingerprint density at radius 2 is 1.56 bits per heavy atom. The predicted molar refractivity (Wildman–Crippen MR) is 75.7 cm³/mol. The highest BCUT2D eigenvalue weighted by Crippen LogP contribution is 2.28. The number of methoxy groups -OCH3 is 1. The van der Waals surface area contributed by atoms with Crippen molar-refractivity contribution in [2.75, 3.05) is 7.11 Å². The van der Waals surface area contributed by atoms with E-state index in [9.17, 15) is 4.79 Å². The van der Waals surface area contributed by atoms with E-state index in [1.807, 2.05) is 52.0 Å². The van der Waals surface area contributed by atoms with Crippen LogP contribution in [-0.4, -0.2) is 13.4 Å². The van der Waals surface area contributed by atoms with Gasteiger partial charge in [-0.25, -0.2) is 0 Å². The maximum atomic E-state index is 11.3. The van der Waals surface area contributed by atoms with Crippen LogP contribution in [-0.2, 0) is 4.79 Å². The Morgan fingerprint density at radius 1 is 1.00 bits per heavy atom. The second kappa shape index (κ2) is 6.20. The zero-order valence-electron chi connectivity index (χ0n) is 11.7. The van der Waals surface area contributed by atoms with Gasteiger partial charge in [-0.3, -0.25) is 4.79 Å². The Kier molecular flexibility index (Phi) is 4.90. The number of benzene rings is 1. The van der Waals surface area contributed by atoms with Crippen LogP contribution in [0, 0.1) is 0 Å². The fourth-order valence-corrected chi connectivity index (χ4v) is 1.90. The van der Waals surface area contributed by atoms with Crippen molar-refractivity contribution in [2.24, 2.45) is 0 Å². The minimum absolute atomic E-state index is 0.764. The molecule has 0 heterocycles. The van der Waals surface area contributed by atoms with Gasteiger partial charge in [-0.2, -0.15) is 0 Å². The standard InChI is InChI=1S/C16H20O2/c1-11(2)15(10-17)16(12(3)4)13-6-8-14(18-5)9-7-13/h6-10H,1-5H3. The van der Waals surface area contributed by atoms with Crippen molar-refractivity contribution < 1.29 is 9.53 Å². The summed E-state index contributed by atoms with van der Waals surface area (Å²) >= 11 is 0. The highest BCUT2D eigenvalue weighted by Gasteiger charge is 2.10. The van der Waals surface area contributed by atoms with E-state index in [1.54, 1.807) is 7.11 Å². The summed E-state index contributed by atoms with van der Waals surface area (Å²) in [6, 6.07) is 7.78. The van der Waals surface area contributed by atoms with E-state index >= 15 is 0 Å². The second-order valence-corrected chi connectivity index (χ2v) is 4.64. The Labute approximate surface area is 109 Å². The lowest BCUT2D eigenvalue weighted by molar-refractivity contribution is -0.104. The first kappa shape index (κ1) is 14.2. The molecule has 1 rings (SSSR count). The number of carbonyl (C=O) groups excluding carboxylic acids is 1. The smallest absolute Gasteiger partial charge is 0.150 e. The lowest BCUT2D eigenvalue weighted by atomic mass is 9.92. The Bertz CT molecular complexity index is 482. The molecule has 0 aromatic heterocycles. The average Bonchev–Trinajstić information content (AvgIpc) is 2.35. The fraction of sp³-hybridized carbons (Fsp3) is 0.312. The molecule has 96 valence electrons. The Hall–Kier alpha value is -1.83. The second-order valence-electron chi connectivity index (χ2n) is 4.64. The van der Waals surface area contributed by atoms with Crippen LogP contribution >= 0.6 is 0 Å². The molecule has 1 aromatic carbocycles. The molecule has 0 aliphatic carbocycles. The zero-order chi connectivity index (χ0) is 13.7. The Morgan fingerprint density at radius 3 is 1.89 bits per heavy atom. The molecule has 0 saturated carbocycles. The van der Waals surface area contributed by atoms with Crippen LogP contribution in [0.2, 0.25) is 0 Å². The van der Waals surface area contributed by atoms with E-state index in [-0.39, 0.29) is 0 Å². The first-order valence-corrected chi connectivity index (χ1v) is 5.96. The molecule has 0 amide bonds. The number of allylic oxidation sites excluding steroid dienone is 4. The Balaban J connectivity index is 3.35. The summed E-state index contributed by atoms with van der Waals surface area (Å²) in [4.78, 5) is 11.3. The molecular weight excluding hydrogens is 224 g/mol. The molecule has 18 heavy (non-hydrogen) atoms. The number of aldehydes is 1. The predicted octanol–water partition coefficient (Wildman–Crippen LogP) is 4.02. The quantitative estimate of drug-likeness (QED) is 0.454. The molecule has 2 heteroatoms. The summed E-state index contributed by atoms with van der Waals surface area (Å²) in [5.41, 5.74) is 4.97. The molecule has 2 nitrogen and oxygen atoms in total. The van der Waals surface area contributed by atoms with Gasteiger partial charge in [0.25, 0.3) is 0 Å². The van der Waals surface area contributed by atoms with Gasteiger partial charge in [0, 0.05) is 5.57 Å². The van der Waals surface area contributed by atoms with E-state index in [0.29, 0.717) is 0 Å². The van der Waals surface area contributed by atoms with E-state index in [2.05, 4.69) is 0 Å². The van der Waals surface area contributed by atoms with Crippen molar-refractivity contribution in [3.05, 3.63) is 46.5 Å². The third-order valence-electron chi connectivity index (χ3n) is 2.80. The number of hydrogen-bond donors (Lipinski definition) is 0. The van der Waals surface area contributed by atoms with Crippen LogP contribution in [0.4, 0.5) is 0 Å². The van der Waals surface area contributed by atoms with Gasteiger partial charge in [-0.05, 0) is 51.0 Å². The molecule has 0 spiro atoms. The van der Waals surface area contributed by atoms with Gasteiger partial charge >= 0.3 is 0 Å². The van der Waals surface area contributed by atoms with Crippen LogP contribution < -0.4 is 4.74 Å². The van der Waals surface area contributed by atoms with E-state index < -0.39 is 0 Å². The summed E-state index contributed by atoms with van der Waals surface area (Å²) in [7, 11) is 1.64. The summed E-state index contributed by atoms with van der Waals surface area (Å²) in [6.45, 7) is 7.95. The van der Waals surface area contributed by atoms with Crippen molar-refractivity contribution in [3.63, 3.8) is 0 Å². The molecule has 0 saturated heterocycles. The van der Waals surface area contributed by atoms with Crippen molar-refractivity contribution in [1.29, 1.82) is 0 Å². The van der Waals surface area contributed by atoms with Crippen LogP contribution in [0.1, 0.15) is 33.3 Å². The molecule has 0 unspecified atom stereocenters. The number of carbonyl (C=O) groups is 1. The van der Waals surface area contributed by atoms with E-state index in [4.69, 9.17) is 4.74 Å². The molecule has 0 aliphatic rings. The van der Waals surface area contributed by atoms with Crippen LogP contribution in [0.5, 0.6) is 5.75 Å². The third kappa shape index (κ3) is 3.10. The lowest BCUT2D eigenvalue weighted by Gasteiger charge is -2.12. The minimum Gasteiger partial charge on any atom is -0.497 e.